The molecular weight excluding hydrogens is 627 g/mol. The molecule has 4 heteroatoms. The van der Waals surface area contributed by atoms with Crippen molar-refractivity contribution in [2.75, 3.05) is 0 Å². The highest BCUT2D eigenvalue weighted by Crippen LogP contribution is 2.43. The molecule has 0 saturated carbocycles. The van der Waals surface area contributed by atoms with Crippen LogP contribution in [0.25, 0.3) is 92.7 Å². The highest BCUT2D eigenvalue weighted by atomic mass is 32.1. The molecule has 0 bridgehead atoms. The fourth-order valence-corrected chi connectivity index (χ4v) is 8.47. The van der Waals surface area contributed by atoms with Gasteiger partial charge in [-0.15, -0.1) is 11.3 Å². The third-order valence-electron chi connectivity index (χ3n) is 9.63. The van der Waals surface area contributed by atoms with E-state index in [-0.39, 0.29) is 0 Å². The highest BCUT2D eigenvalue weighted by Gasteiger charge is 2.21. The molecule has 10 rings (SSSR count). The van der Waals surface area contributed by atoms with Crippen LogP contribution in [-0.4, -0.2) is 14.5 Å². The number of nitrogens with zero attached hydrogens (tertiary/aromatic N) is 3. The first-order chi connectivity index (χ1) is 24.8. The van der Waals surface area contributed by atoms with Gasteiger partial charge in [0.1, 0.15) is 0 Å². The van der Waals surface area contributed by atoms with E-state index in [9.17, 15) is 0 Å². The van der Waals surface area contributed by atoms with Crippen molar-refractivity contribution in [1.82, 2.24) is 14.5 Å². The topological polar surface area (TPSA) is 30.7 Å². The predicted octanol–water partition coefficient (Wildman–Crippen LogP) is 12.6. The summed E-state index contributed by atoms with van der Waals surface area (Å²) >= 11 is 1.84. The van der Waals surface area contributed by atoms with Crippen molar-refractivity contribution >= 4 is 53.3 Å². The van der Waals surface area contributed by atoms with Crippen LogP contribution in [0.1, 0.15) is 0 Å². The van der Waals surface area contributed by atoms with Crippen molar-refractivity contribution in [3.63, 3.8) is 0 Å². The van der Waals surface area contributed by atoms with E-state index in [0.29, 0.717) is 5.95 Å². The number of fused-ring (bicyclic) bond motifs is 7. The number of aromatic nitrogens is 3. The lowest BCUT2D eigenvalue weighted by Crippen LogP contribution is -2.04. The first kappa shape index (κ1) is 28.6. The second kappa shape index (κ2) is 11.7. The Kier molecular flexibility index (Phi) is 6.68. The average Bonchev–Trinajstić information content (AvgIpc) is 3.74. The largest absolute Gasteiger partial charge is 0.276 e. The lowest BCUT2D eigenvalue weighted by Gasteiger charge is -2.13. The lowest BCUT2D eigenvalue weighted by atomic mass is 10.0. The maximum atomic E-state index is 5.40. The van der Waals surface area contributed by atoms with E-state index in [1.807, 2.05) is 17.4 Å². The summed E-state index contributed by atoms with van der Waals surface area (Å²) in [6.07, 6.45) is 0. The summed E-state index contributed by atoms with van der Waals surface area (Å²) in [5.74, 6) is 0.656. The van der Waals surface area contributed by atoms with Gasteiger partial charge in [-0.1, -0.05) is 146 Å². The molecule has 0 unspecified atom stereocenters. The van der Waals surface area contributed by atoms with Crippen LogP contribution in [0.15, 0.2) is 176 Å². The summed E-state index contributed by atoms with van der Waals surface area (Å²) in [4.78, 5) is 10.8. The van der Waals surface area contributed by atoms with Gasteiger partial charge in [0.05, 0.1) is 27.1 Å². The molecule has 0 radical (unpaired) electrons. The molecule has 0 atom stereocenters. The normalized spacial score (nSPS) is 11.6. The monoisotopic (exact) mass is 655 g/mol. The van der Waals surface area contributed by atoms with Crippen LogP contribution in [0.5, 0.6) is 0 Å². The average molecular weight is 656 g/mol. The maximum Gasteiger partial charge on any atom is 0.235 e. The molecule has 0 aliphatic carbocycles. The van der Waals surface area contributed by atoms with Gasteiger partial charge in [-0.3, -0.25) is 4.57 Å². The summed E-state index contributed by atoms with van der Waals surface area (Å²) < 4.78 is 4.81. The van der Waals surface area contributed by atoms with Crippen LogP contribution in [0.3, 0.4) is 0 Å². The molecule has 10 aromatic rings. The Bertz CT molecular complexity index is 2850. The SMILES string of the molecule is c1ccc(-c2cccc(-c3cc(-c4ccccc4)nc(-n4c5ccc(-c6ccccc6)cc5c5ccc6c7ccccc7sc6c54)n3)c2)cc1. The zero-order valence-corrected chi connectivity index (χ0v) is 27.8. The van der Waals surface area contributed by atoms with Crippen molar-refractivity contribution in [3.8, 4) is 50.7 Å². The summed E-state index contributed by atoms with van der Waals surface area (Å²) in [5, 5.41) is 4.90. The molecule has 3 heterocycles. The van der Waals surface area contributed by atoms with Gasteiger partial charge < -0.3 is 0 Å². The molecule has 0 aliphatic heterocycles. The maximum absolute atomic E-state index is 5.40. The first-order valence-electron chi connectivity index (χ1n) is 16.8. The molecule has 234 valence electrons. The molecule has 0 fully saturated rings. The zero-order valence-electron chi connectivity index (χ0n) is 27.0. The van der Waals surface area contributed by atoms with E-state index in [1.54, 1.807) is 0 Å². The van der Waals surface area contributed by atoms with E-state index in [1.165, 1.54) is 47.6 Å². The number of rotatable bonds is 5. The van der Waals surface area contributed by atoms with E-state index < -0.39 is 0 Å². The van der Waals surface area contributed by atoms with Gasteiger partial charge in [-0.05, 0) is 52.6 Å². The molecule has 0 N–H and O–H groups in total. The number of benzene rings is 7. The van der Waals surface area contributed by atoms with Crippen LogP contribution in [-0.2, 0) is 0 Å². The van der Waals surface area contributed by atoms with Crippen LogP contribution in [0.2, 0.25) is 0 Å². The number of hydrogen-bond donors (Lipinski definition) is 0. The molecule has 0 amide bonds. The van der Waals surface area contributed by atoms with Crippen molar-refractivity contribution < 1.29 is 0 Å². The summed E-state index contributed by atoms with van der Waals surface area (Å²) in [5.41, 5.74) is 10.8. The van der Waals surface area contributed by atoms with E-state index in [4.69, 9.17) is 9.97 Å². The van der Waals surface area contributed by atoms with E-state index in [0.717, 1.165) is 39.1 Å². The summed E-state index contributed by atoms with van der Waals surface area (Å²) in [6.45, 7) is 0. The van der Waals surface area contributed by atoms with Crippen LogP contribution < -0.4 is 0 Å². The Morgan fingerprint density at radius 2 is 0.960 bits per heavy atom. The Labute approximate surface area is 293 Å². The fraction of sp³-hybridized carbons (Fsp3) is 0. The molecule has 3 nitrogen and oxygen atoms in total. The standard InChI is InChI=1S/C46H29N3S/c1-4-13-30(14-5-1)33-19-12-20-35(27-33)41-29-40(32-17-8-3-9-18-32)47-46(48-41)49-42-26-23-34(31-15-6-2-7-16-31)28-39(42)37-24-25-38-36-21-10-11-22-43(36)50-45(38)44(37)49/h1-29H. The molecule has 7 aromatic carbocycles. The molecule has 0 saturated heterocycles. The van der Waals surface area contributed by atoms with Crippen LogP contribution in [0, 0.1) is 0 Å². The Balaban J connectivity index is 1.29. The minimum absolute atomic E-state index is 0.656. The minimum atomic E-state index is 0.656. The number of hydrogen-bond acceptors (Lipinski definition) is 3. The van der Waals surface area contributed by atoms with E-state index in [2.05, 4.69) is 174 Å². The Morgan fingerprint density at radius 3 is 1.70 bits per heavy atom. The van der Waals surface area contributed by atoms with Crippen molar-refractivity contribution in [1.29, 1.82) is 0 Å². The lowest BCUT2D eigenvalue weighted by molar-refractivity contribution is 0.998. The highest BCUT2D eigenvalue weighted by molar-refractivity contribution is 7.26. The van der Waals surface area contributed by atoms with Gasteiger partial charge in [0.15, 0.2) is 0 Å². The fourth-order valence-electron chi connectivity index (χ4n) is 7.23. The molecule has 50 heavy (non-hydrogen) atoms. The second-order valence-electron chi connectivity index (χ2n) is 12.6. The van der Waals surface area contributed by atoms with Crippen molar-refractivity contribution in [3.05, 3.63) is 176 Å². The Hall–Kier alpha value is -6.36. The van der Waals surface area contributed by atoms with Gasteiger partial charge in [0.2, 0.25) is 5.95 Å². The van der Waals surface area contributed by atoms with Gasteiger partial charge in [0, 0.05) is 37.4 Å². The molecule has 0 aliphatic rings. The van der Waals surface area contributed by atoms with Crippen LogP contribution >= 0.6 is 11.3 Å². The third-order valence-corrected chi connectivity index (χ3v) is 10.8. The van der Waals surface area contributed by atoms with Gasteiger partial charge >= 0.3 is 0 Å². The predicted molar refractivity (Wildman–Crippen MR) is 211 cm³/mol. The molecule has 3 aromatic heterocycles. The smallest absolute Gasteiger partial charge is 0.235 e. The zero-order chi connectivity index (χ0) is 33.0. The number of thiophene rings is 1. The van der Waals surface area contributed by atoms with E-state index >= 15 is 0 Å². The summed E-state index contributed by atoms with van der Waals surface area (Å²) in [6, 6.07) is 62.4. The molecule has 0 spiro atoms. The first-order valence-corrected chi connectivity index (χ1v) is 17.6. The van der Waals surface area contributed by atoms with Gasteiger partial charge in [-0.25, -0.2) is 9.97 Å². The van der Waals surface area contributed by atoms with Gasteiger partial charge in [0.25, 0.3) is 0 Å². The summed E-state index contributed by atoms with van der Waals surface area (Å²) in [7, 11) is 0. The van der Waals surface area contributed by atoms with Crippen molar-refractivity contribution in [2.45, 2.75) is 0 Å². The quantitative estimate of drug-likeness (QED) is 0.185. The van der Waals surface area contributed by atoms with Gasteiger partial charge in [-0.2, -0.15) is 0 Å². The van der Waals surface area contributed by atoms with Crippen LogP contribution in [0.4, 0.5) is 0 Å². The van der Waals surface area contributed by atoms with Crippen molar-refractivity contribution in [2.24, 2.45) is 0 Å². The minimum Gasteiger partial charge on any atom is -0.276 e. The molecular formula is C46H29N3S. The Morgan fingerprint density at radius 1 is 0.380 bits per heavy atom. The third kappa shape index (κ3) is 4.73. The second-order valence-corrected chi connectivity index (χ2v) is 13.7.